The lowest BCUT2D eigenvalue weighted by molar-refractivity contribution is -0.138. The number of nitrogens with zero attached hydrogens (tertiary/aromatic N) is 1. The second-order valence-corrected chi connectivity index (χ2v) is 6.82. The molecule has 1 heterocycles. The maximum Gasteiger partial charge on any atom is 0.416 e. The summed E-state index contributed by atoms with van der Waals surface area (Å²) in [6, 6.07) is 3.87. The van der Waals surface area contributed by atoms with E-state index in [1.165, 1.54) is 24.0 Å². The first-order valence-electron chi connectivity index (χ1n) is 7.44. The zero-order valence-corrected chi connectivity index (χ0v) is 12.7. The molecule has 23 heavy (non-hydrogen) atoms. The van der Waals surface area contributed by atoms with E-state index in [0.717, 1.165) is 6.07 Å². The number of carboxylic acid groups (broad SMARTS) is 1. The third kappa shape index (κ3) is 2.56. The highest BCUT2D eigenvalue weighted by molar-refractivity contribution is 5.66. The highest BCUT2D eigenvalue weighted by Gasteiger charge is 2.55. The summed E-state index contributed by atoms with van der Waals surface area (Å²) in [5, 5.41) is 19.9. The molecule has 1 atom stereocenters. The number of likely N-dealkylation sites (tertiary alicyclic amines) is 1. The van der Waals surface area contributed by atoms with Crippen LogP contribution in [0.15, 0.2) is 18.2 Å². The van der Waals surface area contributed by atoms with Gasteiger partial charge in [-0.05, 0) is 43.4 Å². The SMILES string of the molecule is Cc1c(C(F)(F)F)cccc1C1(O)CCC2(CN(C(=O)O)C2)C1. The molecule has 126 valence electrons. The Bertz CT molecular complexity index is 652. The molecule has 4 nitrogen and oxygen atoms in total. The summed E-state index contributed by atoms with van der Waals surface area (Å²) in [5.74, 6) is 0. The summed E-state index contributed by atoms with van der Waals surface area (Å²) in [7, 11) is 0. The third-order valence-corrected chi connectivity index (χ3v) is 5.20. The van der Waals surface area contributed by atoms with Crippen LogP contribution in [0.25, 0.3) is 0 Å². The number of benzene rings is 1. The predicted octanol–water partition coefficient (Wildman–Crippen LogP) is 3.37. The first-order valence-corrected chi connectivity index (χ1v) is 7.44. The average Bonchev–Trinajstić information content (AvgIpc) is 2.75. The normalized spacial score (nSPS) is 26.4. The van der Waals surface area contributed by atoms with Crippen molar-refractivity contribution >= 4 is 6.09 Å². The Balaban J connectivity index is 1.87. The summed E-state index contributed by atoms with van der Waals surface area (Å²) < 4.78 is 39.2. The van der Waals surface area contributed by atoms with Gasteiger partial charge >= 0.3 is 12.3 Å². The van der Waals surface area contributed by atoms with Crippen molar-refractivity contribution in [3.63, 3.8) is 0 Å². The first-order chi connectivity index (χ1) is 10.6. The molecule has 0 bridgehead atoms. The second-order valence-electron chi connectivity index (χ2n) is 6.82. The fraction of sp³-hybridized carbons (Fsp3) is 0.562. The van der Waals surface area contributed by atoms with E-state index in [2.05, 4.69) is 0 Å². The fourth-order valence-corrected chi connectivity index (χ4v) is 4.11. The van der Waals surface area contributed by atoms with Gasteiger partial charge in [-0.2, -0.15) is 13.2 Å². The Hall–Kier alpha value is -1.76. The van der Waals surface area contributed by atoms with E-state index in [9.17, 15) is 23.1 Å². The third-order valence-electron chi connectivity index (χ3n) is 5.20. The van der Waals surface area contributed by atoms with Crippen molar-refractivity contribution < 1.29 is 28.2 Å². The standard InChI is InChI=1S/C16H18F3NO3/c1-10-11(3-2-4-12(10)16(17,18)19)15(23)6-5-14(7-15)8-20(9-14)13(21)22/h2-4,23H,5-9H2,1H3,(H,21,22). The monoisotopic (exact) mass is 329 g/mol. The van der Waals surface area contributed by atoms with Crippen molar-refractivity contribution in [1.82, 2.24) is 4.90 Å². The molecular weight excluding hydrogens is 311 g/mol. The molecule has 1 saturated carbocycles. The zero-order chi connectivity index (χ0) is 17.0. The van der Waals surface area contributed by atoms with Crippen molar-refractivity contribution in [1.29, 1.82) is 0 Å². The quantitative estimate of drug-likeness (QED) is 0.830. The summed E-state index contributed by atoms with van der Waals surface area (Å²) in [6.45, 7) is 2.05. The Morgan fingerprint density at radius 3 is 2.48 bits per heavy atom. The summed E-state index contributed by atoms with van der Waals surface area (Å²) in [5.41, 5.74) is -2.01. The van der Waals surface area contributed by atoms with Crippen LogP contribution in [0.3, 0.4) is 0 Å². The van der Waals surface area contributed by atoms with Crippen molar-refractivity contribution in [2.24, 2.45) is 5.41 Å². The van der Waals surface area contributed by atoms with Gasteiger partial charge in [0.25, 0.3) is 0 Å². The van der Waals surface area contributed by atoms with Gasteiger partial charge in [-0.15, -0.1) is 0 Å². The number of halogens is 3. The lowest BCUT2D eigenvalue weighted by Gasteiger charge is -2.47. The summed E-state index contributed by atoms with van der Waals surface area (Å²) >= 11 is 0. The molecule has 0 radical (unpaired) electrons. The van der Waals surface area contributed by atoms with Crippen molar-refractivity contribution in [3.05, 3.63) is 34.9 Å². The van der Waals surface area contributed by atoms with Gasteiger partial charge in [0.15, 0.2) is 0 Å². The molecule has 3 rings (SSSR count). The average molecular weight is 329 g/mol. The highest BCUT2D eigenvalue weighted by Crippen LogP contribution is 2.54. The molecule has 1 aromatic rings. The van der Waals surface area contributed by atoms with E-state index in [0.29, 0.717) is 37.9 Å². The number of hydrogen-bond donors (Lipinski definition) is 2. The van der Waals surface area contributed by atoms with Crippen LogP contribution in [0.4, 0.5) is 18.0 Å². The summed E-state index contributed by atoms with van der Waals surface area (Å²) in [4.78, 5) is 12.2. The molecule has 2 aliphatic rings. The van der Waals surface area contributed by atoms with Crippen LogP contribution < -0.4 is 0 Å². The molecule has 1 aliphatic heterocycles. The summed E-state index contributed by atoms with van der Waals surface area (Å²) in [6.07, 6.45) is -4.19. The van der Waals surface area contributed by atoms with Gasteiger partial charge in [-0.25, -0.2) is 4.79 Å². The molecule has 0 aromatic heterocycles. The molecule has 1 unspecified atom stereocenters. The molecule has 7 heteroatoms. The number of hydrogen-bond acceptors (Lipinski definition) is 2. The van der Waals surface area contributed by atoms with Crippen LogP contribution in [0.2, 0.25) is 0 Å². The van der Waals surface area contributed by atoms with Crippen LogP contribution in [0.5, 0.6) is 0 Å². The maximum absolute atomic E-state index is 13.1. The number of carbonyl (C=O) groups is 1. The molecule has 1 saturated heterocycles. The number of alkyl halides is 3. The van der Waals surface area contributed by atoms with Crippen molar-refractivity contribution in [3.8, 4) is 0 Å². The van der Waals surface area contributed by atoms with Gasteiger partial charge in [0, 0.05) is 18.5 Å². The van der Waals surface area contributed by atoms with E-state index >= 15 is 0 Å². The maximum atomic E-state index is 13.1. The lowest BCUT2D eigenvalue weighted by atomic mass is 9.75. The molecule has 1 aromatic carbocycles. The van der Waals surface area contributed by atoms with Crippen molar-refractivity contribution in [2.45, 2.75) is 38.0 Å². The molecule has 1 amide bonds. The van der Waals surface area contributed by atoms with Gasteiger partial charge < -0.3 is 15.1 Å². The number of amides is 1. The Morgan fingerprint density at radius 1 is 1.26 bits per heavy atom. The van der Waals surface area contributed by atoms with Gasteiger partial charge in [0.1, 0.15) is 0 Å². The van der Waals surface area contributed by atoms with Crippen LogP contribution in [0.1, 0.15) is 36.0 Å². The number of rotatable bonds is 1. The Kier molecular flexibility index (Phi) is 3.41. The minimum atomic E-state index is -4.46. The van der Waals surface area contributed by atoms with E-state index in [-0.39, 0.29) is 11.0 Å². The van der Waals surface area contributed by atoms with Crippen LogP contribution in [0, 0.1) is 12.3 Å². The second kappa shape index (κ2) is 4.87. The highest BCUT2D eigenvalue weighted by atomic mass is 19.4. The van der Waals surface area contributed by atoms with Crippen LogP contribution in [-0.2, 0) is 11.8 Å². The molecule has 2 N–H and O–H groups in total. The zero-order valence-electron chi connectivity index (χ0n) is 12.7. The molecular formula is C16H18F3NO3. The fourth-order valence-electron chi connectivity index (χ4n) is 4.11. The van der Waals surface area contributed by atoms with Crippen LogP contribution >= 0.6 is 0 Å². The van der Waals surface area contributed by atoms with Gasteiger partial charge in [0.05, 0.1) is 11.2 Å². The Labute approximate surface area is 131 Å². The lowest BCUT2D eigenvalue weighted by Crippen LogP contribution is -2.57. The van der Waals surface area contributed by atoms with E-state index < -0.39 is 23.4 Å². The molecule has 1 aliphatic carbocycles. The van der Waals surface area contributed by atoms with Crippen LogP contribution in [-0.4, -0.2) is 34.3 Å². The topological polar surface area (TPSA) is 60.8 Å². The minimum absolute atomic E-state index is 0.0500. The smallest absolute Gasteiger partial charge is 0.416 e. The molecule has 2 fully saturated rings. The first kappa shape index (κ1) is 16.1. The van der Waals surface area contributed by atoms with Gasteiger partial charge in [-0.1, -0.05) is 12.1 Å². The van der Waals surface area contributed by atoms with E-state index in [1.807, 2.05) is 0 Å². The van der Waals surface area contributed by atoms with Gasteiger partial charge in [-0.3, -0.25) is 0 Å². The Morgan fingerprint density at radius 2 is 1.91 bits per heavy atom. The predicted molar refractivity (Wildman–Crippen MR) is 76.0 cm³/mol. The van der Waals surface area contributed by atoms with E-state index in [1.54, 1.807) is 0 Å². The number of aliphatic hydroxyl groups is 1. The molecule has 1 spiro atoms. The minimum Gasteiger partial charge on any atom is -0.465 e. The largest absolute Gasteiger partial charge is 0.465 e. The van der Waals surface area contributed by atoms with Crippen molar-refractivity contribution in [2.75, 3.05) is 13.1 Å². The van der Waals surface area contributed by atoms with Gasteiger partial charge in [0.2, 0.25) is 0 Å². The van der Waals surface area contributed by atoms with E-state index in [4.69, 9.17) is 5.11 Å².